The van der Waals surface area contributed by atoms with Crippen LogP contribution < -0.4 is 20.1 Å². The number of rotatable bonds is 14. The molecule has 0 saturated heterocycles. The molecule has 0 aliphatic rings. The van der Waals surface area contributed by atoms with Gasteiger partial charge in [0.1, 0.15) is 44.8 Å². The van der Waals surface area contributed by atoms with E-state index in [2.05, 4.69) is 10.2 Å². The van der Waals surface area contributed by atoms with Gasteiger partial charge in [0.15, 0.2) is 44.6 Å². The molecule has 0 fully saturated rings. The molecule has 2 unspecified atom stereocenters. The summed E-state index contributed by atoms with van der Waals surface area (Å²) in [7, 11) is -8.22. The zero-order valence-corrected chi connectivity index (χ0v) is 38.9. The van der Waals surface area contributed by atoms with Crippen LogP contribution in [0.2, 0.25) is 20.1 Å². The highest BCUT2D eigenvalue weighted by Gasteiger charge is 2.45. The normalized spacial score (nSPS) is 12.9. The van der Waals surface area contributed by atoms with E-state index >= 15 is 0 Å². The molecule has 0 radical (unpaired) electrons. The molecule has 5 rings (SSSR count). The molecule has 0 aliphatic heterocycles. The Morgan fingerprint density at radius 1 is 0.556 bits per heavy atom. The molecule has 2 N–H and O–H groups in total. The quantitative estimate of drug-likeness (QED) is 0.0601. The number of nitrogens with zero attached hydrogens (tertiary/aromatic N) is 6. The Bertz CT molecular complexity index is 2900. The van der Waals surface area contributed by atoms with Gasteiger partial charge in [-0.2, -0.15) is 73.4 Å². The van der Waals surface area contributed by atoms with Gasteiger partial charge >= 0.3 is 35.3 Å². The first-order valence-electron chi connectivity index (χ1n) is 18.5. The molecule has 0 saturated carbocycles. The number of nitriles is 2. The molecule has 2 aromatic heterocycles. The minimum absolute atomic E-state index is 0.245. The second-order valence-corrected chi connectivity index (χ2v) is 18.1. The van der Waals surface area contributed by atoms with Crippen LogP contribution in [-0.2, 0) is 53.1 Å². The van der Waals surface area contributed by atoms with Crippen molar-refractivity contribution in [3.8, 4) is 35.0 Å². The van der Waals surface area contributed by atoms with Gasteiger partial charge in [-0.3, -0.25) is 19.2 Å². The highest BCUT2D eigenvalue weighted by atomic mass is 35.5. The van der Waals surface area contributed by atoms with Crippen LogP contribution in [0.25, 0.3) is 11.4 Å². The Balaban J connectivity index is 1.24. The lowest BCUT2D eigenvalue weighted by molar-refractivity contribution is -0.138. The number of esters is 2. The summed E-state index contributed by atoms with van der Waals surface area (Å²) in [6.45, 7) is 0. The third-order valence-electron chi connectivity index (χ3n) is 8.71. The number of hydrogen-bond donors (Lipinski definition) is 2. The lowest BCUT2D eigenvalue weighted by Gasteiger charge is -2.16. The van der Waals surface area contributed by atoms with Gasteiger partial charge in [0.2, 0.25) is 11.8 Å². The van der Waals surface area contributed by atoms with Crippen LogP contribution in [0, 0.1) is 22.7 Å². The van der Waals surface area contributed by atoms with E-state index < -0.39 is 170 Å². The summed E-state index contributed by atoms with van der Waals surface area (Å²) < 4.78 is 198. The van der Waals surface area contributed by atoms with Gasteiger partial charge in [0, 0.05) is 12.8 Å². The molecule has 0 aliphatic carbocycles. The maximum atomic E-state index is 13.7. The topological polar surface area (TPSA) is 228 Å². The Morgan fingerprint density at radius 3 is 1.10 bits per heavy atom. The van der Waals surface area contributed by atoms with Crippen LogP contribution in [0.4, 0.5) is 64.3 Å². The summed E-state index contributed by atoms with van der Waals surface area (Å²) in [6.07, 6.45) is -13.6. The lowest BCUT2D eigenvalue weighted by atomic mass is 10.2. The van der Waals surface area contributed by atoms with Gasteiger partial charge in [0.25, 0.3) is 0 Å². The van der Waals surface area contributed by atoms with Gasteiger partial charge in [0.05, 0.1) is 44.1 Å². The number of carbonyl (C=O) groups excluding carboxylic acids is 4. The van der Waals surface area contributed by atoms with E-state index in [-0.39, 0.29) is 20.9 Å². The van der Waals surface area contributed by atoms with Crippen LogP contribution >= 0.6 is 46.4 Å². The fourth-order valence-corrected chi connectivity index (χ4v) is 8.61. The fourth-order valence-electron chi connectivity index (χ4n) is 5.70. The molecule has 3 aromatic carbocycles. The van der Waals surface area contributed by atoms with Crippen molar-refractivity contribution < 1.29 is 89.8 Å². The van der Waals surface area contributed by atoms with E-state index in [4.69, 9.17) is 55.9 Å². The smallest absolute Gasteiger partial charge is 0.427 e. The minimum Gasteiger partial charge on any atom is -0.427 e. The van der Waals surface area contributed by atoms with Crippen LogP contribution in [-0.4, -0.2) is 62.7 Å². The second kappa shape index (κ2) is 21.7. The summed E-state index contributed by atoms with van der Waals surface area (Å²) in [5.74, 6) is -7.92. The van der Waals surface area contributed by atoms with Crippen molar-refractivity contribution in [2.24, 2.45) is 0 Å². The highest BCUT2D eigenvalue weighted by Crippen LogP contribution is 2.43. The summed E-state index contributed by atoms with van der Waals surface area (Å²) in [4.78, 5) is 48.3. The summed E-state index contributed by atoms with van der Waals surface area (Å²) in [5.41, 5.74) is -18.0. The second-order valence-electron chi connectivity index (χ2n) is 13.6. The van der Waals surface area contributed by atoms with Gasteiger partial charge in [-0.05, 0) is 48.5 Å². The first kappa shape index (κ1) is 56.5. The number of hydrogen-bond acceptors (Lipinski definition) is 12. The van der Waals surface area contributed by atoms with Crippen molar-refractivity contribution in [3.05, 3.63) is 91.1 Å². The average Bonchev–Trinajstić information content (AvgIpc) is 3.80. The zero-order chi connectivity index (χ0) is 54.0. The molecule has 34 heteroatoms. The summed E-state index contributed by atoms with van der Waals surface area (Å²) >= 11 is 23.9. The molecule has 0 bridgehead atoms. The van der Waals surface area contributed by atoms with Crippen LogP contribution in [0.3, 0.4) is 0 Å². The molecular formula is C38H18Cl4F12N8O8S2. The van der Waals surface area contributed by atoms with E-state index in [0.717, 1.165) is 24.3 Å². The maximum absolute atomic E-state index is 13.7. The predicted octanol–water partition coefficient (Wildman–Crippen LogP) is 10.4. The number of alkyl halides is 12. The van der Waals surface area contributed by atoms with Crippen molar-refractivity contribution in [2.45, 2.75) is 58.8 Å². The molecule has 5 aromatic rings. The molecule has 0 spiro atoms. The largest absolute Gasteiger partial charge is 0.476 e. The summed E-state index contributed by atoms with van der Waals surface area (Å²) in [6, 6.07) is 7.76. The van der Waals surface area contributed by atoms with E-state index in [9.17, 15) is 90.8 Å². The van der Waals surface area contributed by atoms with E-state index in [1.54, 1.807) is 0 Å². The Hall–Kier alpha value is -6.44. The number of anilines is 2. The fraction of sp³-hybridized carbons (Fsp3) is 0.211. The van der Waals surface area contributed by atoms with Gasteiger partial charge in [-0.25, -0.2) is 17.8 Å². The van der Waals surface area contributed by atoms with Crippen molar-refractivity contribution >= 4 is 103 Å². The number of benzene rings is 3. The maximum Gasteiger partial charge on any atom is 0.476 e. The molecular weight excluding hydrogens is 1130 g/mol. The number of amides is 2. The van der Waals surface area contributed by atoms with E-state index in [1.807, 2.05) is 10.6 Å². The monoisotopic (exact) mass is 1150 g/mol. The lowest BCUT2D eigenvalue weighted by Crippen LogP contribution is -2.22. The SMILES string of the molecule is N#Cc1nn(-c2c(Cl)cc(C(F)(F)F)cc2Cl)c(NC(=O)CCC(=O)Oc2ccc(OC(=O)CCC(=O)Nc3c(S(=O)C(F)(F)F)c(C#N)nn3-c3c(Cl)cc(C(F)(F)F)cc3Cl)cc2)c1S(=O)C(F)(F)F. The third kappa shape index (κ3) is 13.1. The number of halogens is 16. The predicted molar refractivity (Wildman–Crippen MR) is 225 cm³/mol. The molecule has 382 valence electrons. The van der Waals surface area contributed by atoms with Gasteiger partial charge < -0.3 is 20.1 Å². The van der Waals surface area contributed by atoms with E-state index in [1.165, 1.54) is 12.1 Å². The van der Waals surface area contributed by atoms with Crippen molar-refractivity contribution in [1.82, 2.24) is 19.6 Å². The average molecular weight is 1150 g/mol. The number of aromatic nitrogens is 4. The standard InChI is InChI=1S/C38H18Cl4F12N8O8S2/c39-19-9-15(35(43,44)45)10-20(40)29(19)61-33(31(23(13-55)59-61)71(67)37(49,50)51)57-25(63)5-7-27(65)69-17-1-2-18(4-3-17)70-28(66)8-6-26(64)58-34-32(72(68)38(52,53)54)24(14-56)60-62(34)30-21(41)11-16(12-22(30)42)36(46,47)48/h1-4,9-12H,5-8H2,(H,57,63)(H,58,64). The number of ether oxygens (including phenoxy) is 2. The van der Waals surface area contributed by atoms with Crippen LogP contribution in [0.15, 0.2) is 58.3 Å². The number of nitrogens with one attached hydrogen (secondary N) is 2. The van der Waals surface area contributed by atoms with Crippen LogP contribution in [0.1, 0.15) is 48.2 Å². The molecule has 2 atom stereocenters. The number of carbonyl (C=O) groups is 4. The zero-order valence-electron chi connectivity index (χ0n) is 34.3. The summed E-state index contributed by atoms with van der Waals surface area (Å²) in [5, 5.41) is 26.2. The third-order valence-corrected chi connectivity index (χ3v) is 12.2. The van der Waals surface area contributed by atoms with Crippen molar-refractivity contribution in [3.63, 3.8) is 0 Å². The molecule has 16 nitrogen and oxygen atoms in total. The first-order valence-corrected chi connectivity index (χ1v) is 22.4. The Kier molecular flexibility index (Phi) is 17.0. The van der Waals surface area contributed by atoms with Crippen molar-refractivity contribution in [1.29, 1.82) is 10.5 Å². The molecule has 2 amide bonds. The van der Waals surface area contributed by atoms with Crippen LogP contribution in [0.5, 0.6) is 11.5 Å². The Labute approximate surface area is 417 Å². The minimum atomic E-state index is -5.59. The highest BCUT2D eigenvalue weighted by molar-refractivity contribution is 7.86. The van der Waals surface area contributed by atoms with Gasteiger partial charge in [-0.1, -0.05) is 46.4 Å². The molecule has 2 heterocycles. The first-order chi connectivity index (χ1) is 33.3. The molecule has 72 heavy (non-hydrogen) atoms. The van der Waals surface area contributed by atoms with E-state index in [0.29, 0.717) is 24.3 Å². The van der Waals surface area contributed by atoms with Crippen molar-refractivity contribution in [2.75, 3.05) is 10.6 Å². The Morgan fingerprint density at radius 2 is 0.847 bits per heavy atom. The van der Waals surface area contributed by atoms with Gasteiger partial charge in [-0.15, -0.1) is 0 Å².